The Bertz CT molecular complexity index is 546. The van der Waals surface area contributed by atoms with Crippen LogP contribution in [0, 0.1) is 0 Å². The molecule has 1 aromatic carbocycles. The summed E-state index contributed by atoms with van der Waals surface area (Å²) in [5.74, 6) is 0.351. The zero-order valence-corrected chi connectivity index (χ0v) is 11.9. The summed E-state index contributed by atoms with van der Waals surface area (Å²) in [5, 5.41) is 13.4. The highest BCUT2D eigenvalue weighted by Gasteiger charge is 2.14. The first kappa shape index (κ1) is 15.2. The molecule has 0 fully saturated rings. The van der Waals surface area contributed by atoms with Crippen LogP contribution >= 0.6 is 0 Å². The first-order chi connectivity index (χ1) is 9.11. The first-order valence-corrected chi connectivity index (χ1v) is 6.58. The zero-order valence-electron chi connectivity index (χ0n) is 11.9. The number of hydrogen-bond acceptors (Lipinski definition) is 3. The fourth-order valence-electron chi connectivity index (χ4n) is 2.00. The Balaban J connectivity index is 0.000000861. The summed E-state index contributed by atoms with van der Waals surface area (Å²) in [4.78, 5) is 14.5. The smallest absolute Gasteiger partial charge is 0.147 e. The molecule has 0 saturated carbocycles. The number of aromatic hydroxyl groups is 1. The van der Waals surface area contributed by atoms with Crippen molar-refractivity contribution in [3.05, 3.63) is 30.0 Å². The predicted molar refractivity (Wildman–Crippen MR) is 78.5 cm³/mol. The second kappa shape index (κ2) is 6.95. The van der Waals surface area contributed by atoms with Crippen molar-refractivity contribution in [3.8, 4) is 5.75 Å². The Labute approximate surface area is 113 Å². The molecule has 0 amide bonds. The van der Waals surface area contributed by atoms with E-state index in [0.717, 1.165) is 16.5 Å². The molecule has 1 heterocycles. The number of ketones is 1. The van der Waals surface area contributed by atoms with Crippen LogP contribution in [0.4, 0.5) is 0 Å². The van der Waals surface area contributed by atoms with Crippen LogP contribution in [0.25, 0.3) is 10.9 Å². The van der Waals surface area contributed by atoms with Gasteiger partial charge in [0.25, 0.3) is 0 Å². The van der Waals surface area contributed by atoms with E-state index in [-0.39, 0.29) is 17.6 Å². The number of carbonyl (C=O) groups is 1. The molecule has 4 nitrogen and oxygen atoms in total. The highest BCUT2D eigenvalue weighted by atomic mass is 16.3. The molecule has 1 unspecified atom stereocenters. The Hall–Kier alpha value is -1.81. The number of carbonyl (C=O) groups excluding carboxylic acids is 1. The first-order valence-electron chi connectivity index (χ1n) is 6.58. The SMILES string of the molecule is CC.CNC(Cc1c[nH]c2ccc(O)cc12)C(C)=O. The number of likely N-dealkylation sites (N-methyl/N-ethyl adjacent to an activating group) is 1. The van der Waals surface area contributed by atoms with Crippen molar-refractivity contribution in [2.45, 2.75) is 33.2 Å². The summed E-state index contributed by atoms with van der Waals surface area (Å²) in [7, 11) is 1.78. The minimum atomic E-state index is -0.184. The minimum Gasteiger partial charge on any atom is -0.508 e. The molecule has 3 N–H and O–H groups in total. The lowest BCUT2D eigenvalue weighted by molar-refractivity contribution is -0.118. The monoisotopic (exact) mass is 262 g/mol. The molecule has 104 valence electrons. The Morgan fingerprint density at radius 2 is 2.11 bits per heavy atom. The van der Waals surface area contributed by atoms with Gasteiger partial charge >= 0.3 is 0 Å². The lowest BCUT2D eigenvalue weighted by Crippen LogP contribution is -2.34. The van der Waals surface area contributed by atoms with Crippen molar-refractivity contribution in [3.63, 3.8) is 0 Å². The third-order valence-electron chi connectivity index (χ3n) is 3.01. The van der Waals surface area contributed by atoms with Crippen LogP contribution in [-0.2, 0) is 11.2 Å². The number of aromatic amines is 1. The van der Waals surface area contributed by atoms with Crippen molar-refractivity contribution < 1.29 is 9.90 Å². The summed E-state index contributed by atoms with van der Waals surface area (Å²) in [6, 6.07) is 5.00. The van der Waals surface area contributed by atoms with E-state index in [4.69, 9.17) is 0 Å². The number of phenols is 1. The Morgan fingerprint density at radius 1 is 1.42 bits per heavy atom. The molecule has 4 heteroatoms. The van der Waals surface area contributed by atoms with Crippen molar-refractivity contribution in [1.82, 2.24) is 10.3 Å². The van der Waals surface area contributed by atoms with E-state index in [1.807, 2.05) is 26.1 Å². The maximum absolute atomic E-state index is 11.4. The minimum absolute atomic E-state index is 0.113. The van der Waals surface area contributed by atoms with Crippen LogP contribution in [0.5, 0.6) is 5.75 Å². The molecule has 1 atom stereocenters. The maximum Gasteiger partial charge on any atom is 0.147 e. The summed E-state index contributed by atoms with van der Waals surface area (Å²) in [5.41, 5.74) is 2.00. The molecule has 0 aliphatic rings. The summed E-state index contributed by atoms with van der Waals surface area (Å²) in [6.07, 6.45) is 2.51. The van der Waals surface area contributed by atoms with Crippen LogP contribution in [-0.4, -0.2) is 29.0 Å². The number of aromatic nitrogens is 1. The van der Waals surface area contributed by atoms with Crippen molar-refractivity contribution >= 4 is 16.7 Å². The third kappa shape index (κ3) is 3.58. The second-order valence-corrected chi connectivity index (χ2v) is 4.20. The molecule has 0 spiro atoms. The molecule has 0 aliphatic carbocycles. The number of rotatable bonds is 4. The van der Waals surface area contributed by atoms with E-state index in [1.54, 1.807) is 26.1 Å². The van der Waals surface area contributed by atoms with Gasteiger partial charge in [0, 0.05) is 17.1 Å². The average Bonchev–Trinajstić information content (AvgIpc) is 2.80. The van der Waals surface area contributed by atoms with Crippen molar-refractivity contribution in [1.29, 1.82) is 0 Å². The van der Waals surface area contributed by atoms with Gasteiger partial charge in [0.15, 0.2) is 0 Å². The van der Waals surface area contributed by atoms with Crippen molar-refractivity contribution in [2.24, 2.45) is 0 Å². The van der Waals surface area contributed by atoms with E-state index in [2.05, 4.69) is 10.3 Å². The highest BCUT2D eigenvalue weighted by molar-refractivity contribution is 5.86. The third-order valence-corrected chi connectivity index (χ3v) is 3.01. The molecule has 1 aromatic heterocycles. The second-order valence-electron chi connectivity index (χ2n) is 4.20. The van der Waals surface area contributed by atoms with Gasteiger partial charge in [0.1, 0.15) is 11.5 Å². The van der Waals surface area contributed by atoms with E-state index < -0.39 is 0 Å². The molecule has 0 bridgehead atoms. The predicted octanol–water partition coefficient (Wildman–Crippen LogP) is 2.62. The molecule has 2 aromatic rings. The fourth-order valence-corrected chi connectivity index (χ4v) is 2.00. The molecule has 2 rings (SSSR count). The number of hydrogen-bond donors (Lipinski definition) is 3. The maximum atomic E-state index is 11.4. The van der Waals surface area contributed by atoms with Gasteiger partial charge in [0.2, 0.25) is 0 Å². The van der Waals surface area contributed by atoms with Gasteiger partial charge in [-0.25, -0.2) is 0 Å². The number of Topliss-reactive ketones (excluding diaryl/α,β-unsaturated/α-hetero) is 1. The summed E-state index contributed by atoms with van der Waals surface area (Å²) >= 11 is 0. The van der Waals surface area contributed by atoms with Gasteiger partial charge in [0.05, 0.1) is 6.04 Å². The fraction of sp³-hybridized carbons (Fsp3) is 0.400. The van der Waals surface area contributed by atoms with E-state index >= 15 is 0 Å². The average molecular weight is 262 g/mol. The van der Waals surface area contributed by atoms with Gasteiger partial charge in [-0.3, -0.25) is 4.79 Å². The molecular formula is C15H22N2O2. The number of H-pyrrole nitrogens is 1. The van der Waals surface area contributed by atoms with Gasteiger partial charge in [-0.05, 0) is 44.2 Å². The number of benzene rings is 1. The summed E-state index contributed by atoms with van der Waals surface area (Å²) in [6.45, 7) is 5.58. The Morgan fingerprint density at radius 3 is 2.68 bits per heavy atom. The van der Waals surface area contributed by atoms with Gasteiger partial charge in [-0.1, -0.05) is 13.8 Å². The number of nitrogens with one attached hydrogen (secondary N) is 2. The van der Waals surface area contributed by atoms with Crippen LogP contribution in [0.3, 0.4) is 0 Å². The molecule has 0 saturated heterocycles. The van der Waals surface area contributed by atoms with Crippen LogP contribution < -0.4 is 5.32 Å². The molecule has 0 aliphatic heterocycles. The van der Waals surface area contributed by atoms with Gasteiger partial charge < -0.3 is 15.4 Å². The Kier molecular flexibility index (Phi) is 5.57. The highest BCUT2D eigenvalue weighted by Crippen LogP contribution is 2.23. The lowest BCUT2D eigenvalue weighted by atomic mass is 10.0. The van der Waals surface area contributed by atoms with E-state index in [1.165, 1.54) is 0 Å². The summed E-state index contributed by atoms with van der Waals surface area (Å²) < 4.78 is 0. The van der Waals surface area contributed by atoms with Crippen LogP contribution in [0.2, 0.25) is 0 Å². The number of fused-ring (bicyclic) bond motifs is 1. The van der Waals surface area contributed by atoms with E-state index in [9.17, 15) is 9.90 Å². The van der Waals surface area contributed by atoms with Crippen LogP contribution in [0.15, 0.2) is 24.4 Å². The van der Waals surface area contributed by atoms with Gasteiger partial charge in [-0.2, -0.15) is 0 Å². The zero-order chi connectivity index (χ0) is 14.4. The van der Waals surface area contributed by atoms with Gasteiger partial charge in [-0.15, -0.1) is 0 Å². The van der Waals surface area contributed by atoms with Crippen LogP contribution in [0.1, 0.15) is 26.3 Å². The topological polar surface area (TPSA) is 65.1 Å². The molecule has 0 radical (unpaired) electrons. The van der Waals surface area contributed by atoms with Crippen molar-refractivity contribution in [2.75, 3.05) is 7.05 Å². The lowest BCUT2D eigenvalue weighted by Gasteiger charge is -2.11. The largest absolute Gasteiger partial charge is 0.508 e. The normalized spacial score (nSPS) is 11.8. The molecular weight excluding hydrogens is 240 g/mol. The molecule has 19 heavy (non-hydrogen) atoms. The van der Waals surface area contributed by atoms with E-state index in [0.29, 0.717) is 6.42 Å². The number of phenolic OH excluding ortho intramolecular Hbond substituents is 1. The standard InChI is InChI=1S/C13H16N2O2.C2H6/c1-8(16)13(14-2)5-9-7-15-12-4-3-10(17)6-11(9)12;1-2/h3-4,6-7,13-15,17H,5H2,1-2H3;1-2H3. The quantitative estimate of drug-likeness (QED) is 0.793.